The first-order valence-electron chi connectivity index (χ1n) is 5.14. The summed E-state index contributed by atoms with van der Waals surface area (Å²) in [6.45, 7) is 0.0361. The highest BCUT2D eigenvalue weighted by Crippen LogP contribution is 2.36. The van der Waals surface area contributed by atoms with Crippen LogP contribution < -0.4 is 0 Å². The molecule has 1 nitrogen and oxygen atoms in total. The van der Waals surface area contributed by atoms with Crippen LogP contribution in [0.25, 0.3) is 21.2 Å². The number of hydrogen-bond acceptors (Lipinski definition) is 3. The fourth-order valence-corrected chi connectivity index (χ4v) is 3.81. The largest absolute Gasteiger partial charge is 0.391 e. The number of halogens is 1. The van der Waals surface area contributed by atoms with Gasteiger partial charge in [-0.25, -0.2) is 0 Å². The Bertz CT molecular complexity index is 669. The second-order valence-electron chi connectivity index (χ2n) is 3.72. The third-order valence-electron chi connectivity index (χ3n) is 2.69. The minimum Gasteiger partial charge on any atom is -0.391 e. The molecular formula is C13H9ClOS2. The topological polar surface area (TPSA) is 20.2 Å². The van der Waals surface area contributed by atoms with Gasteiger partial charge in [-0.3, -0.25) is 0 Å². The first kappa shape index (κ1) is 11.2. The molecule has 2 heterocycles. The highest BCUT2D eigenvalue weighted by molar-refractivity contribution is 7.17. The Balaban J connectivity index is 2.18. The maximum Gasteiger partial charge on any atom is 0.0938 e. The van der Waals surface area contributed by atoms with E-state index >= 15 is 0 Å². The Morgan fingerprint density at radius 3 is 2.88 bits per heavy atom. The van der Waals surface area contributed by atoms with E-state index in [1.807, 2.05) is 6.07 Å². The zero-order valence-corrected chi connectivity index (χ0v) is 11.2. The second-order valence-corrected chi connectivity index (χ2v) is 6.43. The third kappa shape index (κ3) is 2.00. The van der Waals surface area contributed by atoms with E-state index in [9.17, 15) is 5.11 Å². The molecule has 0 atom stereocenters. The average Bonchev–Trinajstić information content (AvgIpc) is 2.93. The van der Waals surface area contributed by atoms with E-state index in [0.29, 0.717) is 0 Å². The molecule has 17 heavy (non-hydrogen) atoms. The Labute approximate surface area is 112 Å². The van der Waals surface area contributed by atoms with E-state index in [1.165, 1.54) is 21.4 Å². The molecule has 0 aliphatic heterocycles. The Morgan fingerprint density at radius 1 is 1.18 bits per heavy atom. The number of aliphatic hydroxyl groups excluding tert-OH is 1. The van der Waals surface area contributed by atoms with Crippen molar-refractivity contribution < 1.29 is 5.11 Å². The lowest BCUT2D eigenvalue weighted by atomic mass is 10.1. The molecule has 0 saturated heterocycles. The Morgan fingerprint density at radius 2 is 2.06 bits per heavy atom. The smallest absolute Gasteiger partial charge is 0.0938 e. The molecule has 3 rings (SSSR count). The number of rotatable bonds is 2. The third-order valence-corrected chi connectivity index (χ3v) is 4.83. The molecule has 0 bridgehead atoms. The molecule has 0 radical (unpaired) electrons. The summed E-state index contributed by atoms with van der Waals surface area (Å²) in [5.41, 5.74) is 2.15. The van der Waals surface area contributed by atoms with E-state index in [1.54, 1.807) is 11.3 Å². The fraction of sp³-hybridized carbons (Fsp3) is 0.0769. The highest BCUT2D eigenvalue weighted by atomic mass is 35.5. The van der Waals surface area contributed by atoms with Crippen LogP contribution in [-0.2, 0) is 6.61 Å². The van der Waals surface area contributed by atoms with Crippen molar-refractivity contribution in [2.45, 2.75) is 6.61 Å². The van der Waals surface area contributed by atoms with Gasteiger partial charge in [0.25, 0.3) is 0 Å². The molecule has 0 fully saturated rings. The van der Waals surface area contributed by atoms with Crippen LogP contribution in [0.2, 0.25) is 4.34 Å². The minimum atomic E-state index is 0.0361. The van der Waals surface area contributed by atoms with E-state index in [-0.39, 0.29) is 6.61 Å². The van der Waals surface area contributed by atoms with Gasteiger partial charge >= 0.3 is 0 Å². The zero-order valence-electron chi connectivity index (χ0n) is 8.81. The van der Waals surface area contributed by atoms with Crippen molar-refractivity contribution in [2.75, 3.05) is 0 Å². The first-order chi connectivity index (χ1) is 8.28. The minimum absolute atomic E-state index is 0.0361. The van der Waals surface area contributed by atoms with Crippen LogP contribution in [0.1, 0.15) is 4.88 Å². The van der Waals surface area contributed by atoms with Crippen LogP contribution in [0.3, 0.4) is 0 Å². The van der Waals surface area contributed by atoms with Crippen molar-refractivity contribution in [3.63, 3.8) is 0 Å². The molecule has 0 amide bonds. The number of aliphatic hydroxyl groups is 1. The molecule has 3 aromatic rings. The van der Waals surface area contributed by atoms with Gasteiger partial charge in [0.1, 0.15) is 0 Å². The number of thiophene rings is 2. The van der Waals surface area contributed by atoms with Gasteiger partial charge in [-0.05, 0) is 46.2 Å². The van der Waals surface area contributed by atoms with Gasteiger partial charge in [0.2, 0.25) is 0 Å². The quantitative estimate of drug-likeness (QED) is 0.716. The maximum atomic E-state index is 9.32. The second kappa shape index (κ2) is 4.42. The molecule has 0 spiro atoms. The first-order valence-corrected chi connectivity index (χ1v) is 7.22. The Kier molecular flexibility index (Phi) is 2.92. The van der Waals surface area contributed by atoms with Crippen LogP contribution in [0.5, 0.6) is 0 Å². The summed E-state index contributed by atoms with van der Waals surface area (Å²) in [6.07, 6.45) is 0. The van der Waals surface area contributed by atoms with Crippen LogP contribution >= 0.6 is 34.3 Å². The standard InChI is InChI=1S/C13H9ClOS2/c14-13-6-10(12(7-15)17-13)8-1-2-11-9(5-8)3-4-16-11/h1-6,15H,7H2. The van der Waals surface area contributed by atoms with Gasteiger partial charge in [0.15, 0.2) is 0 Å². The molecule has 0 unspecified atom stereocenters. The van der Waals surface area contributed by atoms with Gasteiger partial charge in [0, 0.05) is 9.58 Å². The van der Waals surface area contributed by atoms with Gasteiger partial charge in [-0.2, -0.15) is 0 Å². The molecule has 1 aromatic carbocycles. The van der Waals surface area contributed by atoms with Crippen molar-refractivity contribution in [1.82, 2.24) is 0 Å². The summed E-state index contributed by atoms with van der Waals surface area (Å²) in [6, 6.07) is 10.4. The molecule has 2 aromatic heterocycles. The lowest BCUT2D eigenvalue weighted by Gasteiger charge is -2.01. The maximum absolute atomic E-state index is 9.32. The zero-order chi connectivity index (χ0) is 11.8. The SMILES string of the molecule is OCc1sc(Cl)cc1-c1ccc2sccc2c1. The molecule has 4 heteroatoms. The van der Waals surface area contributed by atoms with Gasteiger partial charge in [-0.1, -0.05) is 17.7 Å². The van der Waals surface area contributed by atoms with Gasteiger partial charge in [0.05, 0.1) is 10.9 Å². The summed E-state index contributed by atoms with van der Waals surface area (Å²) in [5.74, 6) is 0. The van der Waals surface area contributed by atoms with Crippen molar-refractivity contribution in [2.24, 2.45) is 0 Å². The molecule has 1 N–H and O–H groups in total. The number of fused-ring (bicyclic) bond motifs is 1. The van der Waals surface area contributed by atoms with Crippen LogP contribution in [-0.4, -0.2) is 5.11 Å². The lowest BCUT2D eigenvalue weighted by Crippen LogP contribution is -1.81. The van der Waals surface area contributed by atoms with Gasteiger partial charge in [-0.15, -0.1) is 22.7 Å². The summed E-state index contributed by atoms with van der Waals surface area (Å²) < 4.78 is 2.00. The summed E-state index contributed by atoms with van der Waals surface area (Å²) in [5, 5.41) is 12.6. The molecule has 0 saturated carbocycles. The number of hydrogen-bond donors (Lipinski definition) is 1. The predicted molar refractivity (Wildman–Crippen MR) is 76.1 cm³/mol. The van der Waals surface area contributed by atoms with Crippen LogP contribution in [0.4, 0.5) is 0 Å². The van der Waals surface area contributed by atoms with Crippen molar-refractivity contribution in [3.8, 4) is 11.1 Å². The summed E-state index contributed by atoms with van der Waals surface area (Å²) >= 11 is 9.17. The summed E-state index contributed by atoms with van der Waals surface area (Å²) in [7, 11) is 0. The van der Waals surface area contributed by atoms with Crippen LogP contribution in [0, 0.1) is 0 Å². The normalized spacial score (nSPS) is 11.2. The van der Waals surface area contributed by atoms with Crippen molar-refractivity contribution in [3.05, 3.63) is 44.9 Å². The van der Waals surface area contributed by atoms with Crippen LogP contribution in [0.15, 0.2) is 35.7 Å². The fourth-order valence-electron chi connectivity index (χ4n) is 1.89. The van der Waals surface area contributed by atoms with Crippen molar-refractivity contribution in [1.29, 1.82) is 0 Å². The van der Waals surface area contributed by atoms with E-state index in [2.05, 4.69) is 29.6 Å². The van der Waals surface area contributed by atoms with Crippen molar-refractivity contribution >= 4 is 44.4 Å². The predicted octanol–water partition coefficient (Wildman–Crippen LogP) is 4.78. The average molecular weight is 281 g/mol. The van der Waals surface area contributed by atoms with E-state index in [0.717, 1.165) is 20.3 Å². The van der Waals surface area contributed by atoms with Gasteiger partial charge < -0.3 is 5.11 Å². The summed E-state index contributed by atoms with van der Waals surface area (Å²) in [4.78, 5) is 0.921. The highest BCUT2D eigenvalue weighted by Gasteiger charge is 2.10. The molecule has 0 aliphatic carbocycles. The lowest BCUT2D eigenvalue weighted by molar-refractivity contribution is 0.286. The molecule has 86 valence electrons. The monoisotopic (exact) mass is 280 g/mol. The van der Waals surface area contributed by atoms with E-state index < -0.39 is 0 Å². The molecular weight excluding hydrogens is 272 g/mol. The molecule has 0 aliphatic rings. The van der Waals surface area contributed by atoms with E-state index in [4.69, 9.17) is 11.6 Å². The Hall–Kier alpha value is -0.870. The number of benzene rings is 1.